The minimum Gasteiger partial charge on any atom is -0.481 e. The topological polar surface area (TPSA) is 95.7 Å². The lowest BCUT2D eigenvalue weighted by Crippen LogP contribution is -2.43. The first kappa shape index (κ1) is 13.9. The van der Waals surface area contributed by atoms with Crippen LogP contribution in [0.4, 0.5) is 0 Å². The lowest BCUT2D eigenvalue weighted by molar-refractivity contribution is -0.137. The third-order valence-electron chi connectivity index (χ3n) is 2.94. The second kappa shape index (κ2) is 6.56. The molecule has 6 heteroatoms. The summed E-state index contributed by atoms with van der Waals surface area (Å²) in [5.74, 6) is -1.20. The van der Waals surface area contributed by atoms with E-state index in [4.69, 9.17) is 10.8 Å². The van der Waals surface area contributed by atoms with Crippen molar-refractivity contribution in [2.45, 2.75) is 37.8 Å². The van der Waals surface area contributed by atoms with Crippen LogP contribution in [0.5, 0.6) is 0 Å². The molecule has 0 spiro atoms. The molecule has 0 heterocycles. The van der Waals surface area contributed by atoms with Crippen molar-refractivity contribution < 1.29 is 14.7 Å². The Morgan fingerprint density at radius 1 is 1.53 bits per heavy atom. The average molecular weight is 243 g/mol. The van der Waals surface area contributed by atoms with Crippen LogP contribution >= 0.6 is 0 Å². The Hall–Kier alpha value is -1.14. The highest BCUT2D eigenvalue weighted by molar-refractivity contribution is 5.82. The molecule has 6 nitrogen and oxygen atoms in total. The van der Waals surface area contributed by atoms with Crippen molar-refractivity contribution in [1.82, 2.24) is 10.2 Å². The fourth-order valence-corrected chi connectivity index (χ4v) is 1.59. The molecule has 1 atom stereocenters. The van der Waals surface area contributed by atoms with Crippen LogP contribution in [-0.4, -0.2) is 54.1 Å². The SMILES string of the molecule is CN(CCNC(=O)C(N)CCC(=O)O)C1CC1. The molecule has 1 aliphatic carbocycles. The van der Waals surface area contributed by atoms with Crippen LogP contribution in [0.3, 0.4) is 0 Å². The number of nitrogens with zero attached hydrogens (tertiary/aromatic N) is 1. The van der Waals surface area contributed by atoms with Crippen molar-refractivity contribution in [3.63, 3.8) is 0 Å². The Morgan fingerprint density at radius 3 is 2.71 bits per heavy atom. The second-order valence-electron chi connectivity index (χ2n) is 4.54. The zero-order chi connectivity index (χ0) is 12.8. The number of nitrogens with two attached hydrogens (primary N) is 1. The summed E-state index contributed by atoms with van der Waals surface area (Å²) in [7, 11) is 2.04. The molecule has 1 unspecified atom stereocenters. The molecule has 0 radical (unpaired) electrons. The van der Waals surface area contributed by atoms with Gasteiger partial charge in [0.05, 0.1) is 6.04 Å². The number of carboxylic acid groups (broad SMARTS) is 1. The molecule has 0 aromatic rings. The van der Waals surface area contributed by atoms with E-state index in [2.05, 4.69) is 10.2 Å². The molecular weight excluding hydrogens is 222 g/mol. The van der Waals surface area contributed by atoms with E-state index in [1.54, 1.807) is 0 Å². The van der Waals surface area contributed by atoms with Gasteiger partial charge in [0.2, 0.25) is 5.91 Å². The van der Waals surface area contributed by atoms with Crippen LogP contribution in [0.2, 0.25) is 0 Å². The van der Waals surface area contributed by atoms with E-state index >= 15 is 0 Å². The number of carbonyl (C=O) groups excluding carboxylic acids is 1. The lowest BCUT2D eigenvalue weighted by atomic mass is 10.1. The molecule has 0 aromatic heterocycles. The maximum absolute atomic E-state index is 11.5. The normalized spacial score (nSPS) is 16.9. The van der Waals surface area contributed by atoms with E-state index < -0.39 is 12.0 Å². The highest BCUT2D eigenvalue weighted by Gasteiger charge is 2.25. The minimum atomic E-state index is -0.929. The zero-order valence-electron chi connectivity index (χ0n) is 10.2. The molecule has 0 aromatic carbocycles. The number of carbonyl (C=O) groups is 2. The number of rotatable bonds is 8. The summed E-state index contributed by atoms with van der Waals surface area (Å²) < 4.78 is 0. The van der Waals surface area contributed by atoms with Crippen molar-refractivity contribution in [2.75, 3.05) is 20.1 Å². The third-order valence-corrected chi connectivity index (χ3v) is 2.94. The van der Waals surface area contributed by atoms with Crippen LogP contribution in [0.25, 0.3) is 0 Å². The summed E-state index contributed by atoms with van der Waals surface area (Å²) in [6.45, 7) is 1.37. The number of carboxylic acids is 1. The molecule has 1 aliphatic rings. The van der Waals surface area contributed by atoms with Gasteiger partial charge in [0.15, 0.2) is 0 Å². The van der Waals surface area contributed by atoms with Crippen LogP contribution in [0.1, 0.15) is 25.7 Å². The molecule has 1 fully saturated rings. The molecule has 4 N–H and O–H groups in total. The van der Waals surface area contributed by atoms with Crippen LogP contribution in [-0.2, 0) is 9.59 Å². The van der Waals surface area contributed by atoms with Crippen molar-refractivity contribution in [3.05, 3.63) is 0 Å². The van der Waals surface area contributed by atoms with Crippen LogP contribution in [0, 0.1) is 0 Å². The predicted molar refractivity (Wildman–Crippen MR) is 63.5 cm³/mol. The summed E-state index contributed by atoms with van der Waals surface area (Å²) >= 11 is 0. The van der Waals surface area contributed by atoms with Crippen molar-refractivity contribution in [2.24, 2.45) is 5.73 Å². The Labute approximate surface area is 101 Å². The van der Waals surface area contributed by atoms with Gasteiger partial charge >= 0.3 is 5.97 Å². The highest BCUT2D eigenvalue weighted by Crippen LogP contribution is 2.24. The fraction of sp³-hybridized carbons (Fsp3) is 0.818. The van der Waals surface area contributed by atoms with Gasteiger partial charge in [-0.2, -0.15) is 0 Å². The Morgan fingerprint density at radius 2 is 2.18 bits per heavy atom. The smallest absolute Gasteiger partial charge is 0.303 e. The average Bonchev–Trinajstić information content (AvgIpc) is 3.09. The number of likely N-dealkylation sites (N-methyl/N-ethyl adjacent to an activating group) is 1. The zero-order valence-corrected chi connectivity index (χ0v) is 10.2. The number of aliphatic carboxylic acids is 1. The number of hydrogen-bond acceptors (Lipinski definition) is 4. The van der Waals surface area contributed by atoms with E-state index in [1.807, 2.05) is 7.05 Å². The first-order chi connectivity index (χ1) is 8.00. The number of amides is 1. The first-order valence-electron chi connectivity index (χ1n) is 5.96. The standard InChI is InChI=1S/C11H21N3O3/c1-14(8-2-3-8)7-6-13-11(17)9(12)4-5-10(15)16/h8-9H,2-7,12H2,1H3,(H,13,17)(H,15,16). The Bertz CT molecular complexity index is 279. The van der Waals surface area contributed by atoms with Gasteiger partial charge in [-0.05, 0) is 26.3 Å². The van der Waals surface area contributed by atoms with Gasteiger partial charge in [-0.1, -0.05) is 0 Å². The van der Waals surface area contributed by atoms with Gasteiger partial charge in [-0.3, -0.25) is 9.59 Å². The largest absolute Gasteiger partial charge is 0.481 e. The maximum Gasteiger partial charge on any atom is 0.303 e. The quantitative estimate of drug-likeness (QED) is 0.528. The van der Waals surface area contributed by atoms with Crippen molar-refractivity contribution in [3.8, 4) is 0 Å². The molecule has 0 aliphatic heterocycles. The van der Waals surface area contributed by atoms with Gasteiger partial charge in [-0.15, -0.1) is 0 Å². The molecule has 1 rings (SSSR count). The molecule has 17 heavy (non-hydrogen) atoms. The van der Waals surface area contributed by atoms with Gasteiger partial charge in [0.25, 0.3) is 0 Å². The third kappa shape index (κ3) is 5.65. The predicted octanol–water partition coefficient (Wildman–Crippen LogP) is -0.611. The van der Waals surface area contributed by atoms with E-state index in [9.17, 15) is 9.59 Å². The summed E-state index contributed by atoms with van der Waals surface area (Å²) in [4.78, 5) is 24.0. The maximum atomic E-state index is 11.5. The first-order valence-corrected chi connectivity index (χ1v) is 5.96. The molecule has 1 amide bonds. The minimum absolute atomic E-state index is 0.0729. The van der Waals surface area contributed by atoms with Gasteiger partial charge < -0.3 is 21.1 Å². The van der Waals surface area contributed by atoms with Crippen LogP contribution < -0.4 is 11.1 Å². The fourth-order valence-electron chi connectivity index (χ4n) is 1.59. The van der Waals surface area contributed by atoms with Gasteiger partial charge in [0.1, 0.15) is 0 Å². The summed E-state index contributed by atoms with van der Waals surface area (Å²) in [5, 5.41) is 11.2. The molecular formula is C11H21N3O3. The van der Waals surface area contributed by atoms with Crippen LogP contribution in [0.15, 0.2) is 0 Å². The summed E-state index contributed by atoms with van der Waals surface area (Å²) in [5.41, 5.74) is 5.57. The molecule has 0 bridgehead atoms. The number of hydrogen-bond donors (Lipinski definition) is 3. The van der Waals surface area contributed by atoms with E-state index in [1.165, 1.54) is 12.8 Å². The molecule has 1 saturated carbocycles. The Kier molecular flexibility index (Phi) is 5.37. The van der Waals surface area contributed by atoms with E-state index in [-0.39, 0.29) is 18.7 Å². The van der Waals surface area contributed by atoms with Gasteiger partial charge in [0, 0.05) is 25.6 Å². The van der Waals surface area contributed by atoms with Gasteiger partial charge in [-0.25, -0.2) is 0 Å². The van der Waals surface area contributed by atoms with Crippen molar-refractivity contribution >= 4 is 11.9 Å². The Balaban J connectivity index is 2.08. The van der Waals surface area contributed by atoms with E-state index in [0.29, 0.717) is 12.6 Å². The highest BCUT2D eigenvalue weighted by atomic mass is 16.4. The molecule has 98 valence electrons. The van der Waals surface area contributed by atoms with Crippen molar-refractivity contribution in [1.29, 1.82) is 0 Å². The number of nitrogens with one attached hydrogen (secondary N) is 1. The lowest BCUT2D eigenvalue weighted by Gasteiger charge is -2.17. The summed E-state index contributed by atoms with van der Waals surface area (Å²) in [6.07, 6.45) is 2.58. The monoisotopic (exact) mass is 243 g/mol. The second-order valence-corrected chi connectivity index (χ2v) is 4.54. The summed E-state index contributed by atoms with van der Waals surface area (Å²) in [6, 6.07) is -0.0510. The van der Waals surface area contributed by atoms with E-state index in [0.717, 1.165) is 6.54 Å². The molecule has 0 saturated heterocycles.